The minimum Gasteiger partial charge on any atom is -0.481 e. The second-order valence-corrected chi connectivity index (χ2v) is 5.31. The minimum absolute atomic E-state index is 0.0990. The Morgan fingerprint density at radius 3 is 2.24 bits per heavy atom. The number of benzene rings is 1. The van der Waals surface area contributed by atoms with E-state index in [0.29, 0.717) is 5.75 Å². The van der Waals surface area contributed by atoms with E-state index >= 15 is 0 Å². The van der Waals surface area contributed by atoms with Gasteiger partial charge in [0, 0.05) is 5.54 Å². The molecule has 1 amide bonds. The Labute approximate surface area is 103 Å². The normalized spacial score (nSPS) is 13.0. The third-order valence-electron chi connectivity index (χ3n) is 2.20. The van der Waals surface area contributed by atoms with Crippen molar-refractivity contribution in [2.24, 2.45) is 0 Å². The first-order chi connectivity index (χ1) is 7.78. The highest BCUT2D eigenvalue weighted by Crippen LogP contribution is 2.13. The Kier molecular flexibility index (Phi) is 4.16. The lowest BCUT2D eigenvalue weighted by atomic mass is 10.1. The van der Waals surface area contributed by atoms with Gasteiger partial charge in [-0.25, -0.2) is 0 Å². The minimum atomic E-state index is -0.489. The van der Waals surface area contributed by atoms with Crippen molar-refractivity contribution in [3.8, 4) is 5.75 Å². The number of carbonyl (C=O) groups is 1. The van der Waals surface area contributed by atoms with Gasteiger partial charge in [0.25, 0.3) is 5.91 Å². The van der Waals surface area contributed by atoms with Crippen LogP contribution in [0.1, 0.15) is 33.3 Å². The molecular formula is C14H21NO2. The molecule has 17 heavy (non-hydrogen) atoms. The first kappa shape index (κ1) is 13.6. The Bertz CT molecular complexity index is 376. The van der Waals surface area contributed by atoms with Crippen LogP contribution in [0.15, 0.2) is 24.3 Å². The van der Waals surface area contributed by atoms with Gasteiger partial charge in [-0.2, -0.15) is 0 Å². The second-order valence-electron chi connectivity index (χ2n) is 5.31. The van der Waals surface area contributed by atoms with E-state index in [4.69, 9.17) is 4.74 Å². The molecule has 0 aliphatic rings. The molecule has 0 heterocycles. The van der Waals surface area contributed by atoms with Crippen LogP contribution in [0.4, 0.5) is 0 Å². The van der Waals surface area contributed by atoms with Gasteiger partial charge in [-0.15, -0.1) is 0 Å². The van der Waals surface area contributed by atoms with Gasteiger partial charge in [0.1, 0.15) is 5.75 Å². The number of rotatable bonds is 3. The smallest absolute Gasteiger partial charge is 0.261 e. The predicted octanol–water partition coefficient (Wildman–Crippen LogP) is 2.68. The summed E-state index contributed by atoms with van der Waals surface area (Å²) in [6.45, 7) is 9.61. The van der Waals surface area contributed by atoms with E-state index in [1.54, 1.807) is 6.92 Å². The Hall–Kier alpha value is -1.51. The molecule has 0 saturated carbocycles. The summed E-state index contributed by atoms with van der Waals surface area (Å²) in [6, 6.07) is 7.67. The van der Waals surface area contributed by atoms with E-state index in [2.05, 4.69) is 5.32 Å². The van der Waals surface area contributed by atoms with Gasteiger partial charge in [-0.05, 0) is 46.8 Å². The van der Waals surface area contributed by atoms with Crippen molar-refractivity contribution in [2.75, 3.05) is 0 Å². The standard InChI is InChI=1S/C14H21NO2/c1-10-6-8-12(9-7-10)17-11(2)13(16)15-14(3,4)5/h6-9,11H,1-5H3,(H,15,16)/t11-/m0/s1. The molecule has 0 radical (unpaired) electrons. The number of hydrogen-bond donors (Lipinski definition) is 1. The topological polar surface area (TPSA) is 38.3 Å². The molecule has 0 aliphatic carbocycles. The lowest BCUT2D eigenvalue weighted by Gasteiger charge is -2.23. The predicted molar refractivity (Wildman–Crippen MR) is 69.2 cm³/mol. The van der Waals surface area contributed by atoms with Crippen molar-refractivity contribution < 1.29 is 9.53 Å². The molecule has 0 aromatic heterocycles. The fourth-order valence-corrected chi connectivity index (χ4v) is 1.35. The van der Waals surface area contributed by atoms with Crippen LogP contribution >= 0.6 is 0 Å². The summed E-state index contributed by atoms with van der Waals surface area (Å²) in [5.74, 6) is 0.616. The molecule has 1 atom stereocenters. The van der Waals surface area contributed by atoms with Crippen molar-refractivity contribution in [3.63, 3.8) is 0 Å². The fraction of sp³-hybridized carbons (Fsp3) is 0.500. The van der Waals surface area contributed by atoms with Gasteiger partial charge in [0.2, 0.25) is 0 Å². The van der Waals surface area contributed by atoms with Crippen LogP contribution in [-0.4, -0.2) is 17.6 Å². The maximum atomic E-state index is 11.8. The van der Waals surface area contributed by atoms with Crippen LogP contribution in [0.2, 0.25) is 0 Å². The van der Waals surface area contributed by atoms with E-state index in [1.165, 1.54) is 5.56 Å². The van der Waals surface area contributed by atoms with Crippen molar-refractivity contribution in [1.82, 2.24) is 5.32 Å². The first-order valence-electron chi connectivity index (χ1n) is 5.83. The van der Waals surface area contributed by atoms with E-state index < -0.39 is 6.10 Å². The Morgan fingerprint density at radius 1 is 1.24 bits per heavy atom. The lowest BCUT2D eigenvalue weighted by molar-refractivity contribution is -0.128. The number of hydrogen-bond acceptors (Lipinski definition) is 2. The molecule has 0 fully saturated rings. The SMILES string of the molecule is Cc1ccc(O[C@@H](C)C(=O)NC(C)(C)C)cc1. The highest BCUT2D eigenvalue weighted by Gasteiger charge is 2.20. The third kappa shape index (κ3) is 4.89. The van der Waals surface area contributed by atoms with E-state index in [-0.39, 0.29) is 11.4 Å². The number of carbonyl (C=O) groups excluding carboxylic acids is 1. The van der Waals surface area contributed by atoms with E-state index in [9.17, 15) is 4.79 Å². The molecule has 0 bridgehead atoms. The van der Waals surface area contributed by atoms with Crippen LogP contribution in [0.3, 0.4) is 0 Å². The summed E-state index contributed by atoms with van der Waals surface area (Å²) in [7, 11) is 0. The summed E-state index contributed by atoms with van der Waals surface area (Å²) in [5.41, 5.74) is 0.936. The van der Waals surface area contributed by atoms with Gasteiger partial charge >= 0.3 is 0 Å². The second kappa shape index (κ2) is 5.21. The maximum Gasteiger partial charge on any atom is 0.261 e. The molecular weight excluding hydrogens is 214 g/mol. The number of amides is 1. The summed E-state index contributed by atoms with van der Waals surface area (Å²) >= 11 is 0. The molecule has 0 spiro atoms. The first-order valence-corrected chi connectivity index (χ1v) is 5.83. The average molecular weight is 235 g/mol. The van der Waals surface area contributed by atoms with Gasteiger partial charge in [-0.3, -0.25) is 4.79 Å². The summed E-state index contributed by atoms with van der Waals surface area (Å²) in [5, 5.41) is 2.89. The van der Waals surface area contributed by atoms with Crippen molar-refractivity contribution in [2.45, 2.75) is 46.3 Å². The van der Waals surface area contributed by atoms with Gasteiger partial charge in [-0.1, -0.05) is 17.7 Å². The van der Waals surface area contributed by atoms with Crippen LogP contribution in [-0.2, 0) is 4.79 Å². The van der Waals surface area contributed by atoms with Gasteiger partial charge < -0.3 is 10.1 Å². The van der Waals surface area contributed by atoms with Crippen LogP contribution in [0, 0.1) is 6.92 Å². The van der Waals surface area contributed by atoms with Crippen LogP contribution in [0.5, 0.6) is 5.75 Å². The zero-order chi connectivity index (χ0) is 13.1. The molecule has 0 aliphatic heterocycles. The highest BCUT2D eigenvalue weighted by atomic mass is 16.5. The van der Waals surface area contributed by atoms with Crippen LogP contribution in [0.25, 0.3) is 0 Å². The molecule has 1 N–H and O–H groups in total. The number of aryl methyl sites for hydroxylation is 1. The summed E-state index contributed by atoms with van der Waals surface area (Å²) < 4.78 is 5.56. The zero-order valence-corrected chi connectivity index (χ0v) is 11.2. The molecule has 1 aromatic carbocycles. The van der Waals surface area contributed by atoms with Crippen molar-refractivity contribution in [3.05, 3.63) is 29.8 Å². The summed E-state index contributed by atoms with van der Waals surface area (Å²) in [6.07, 6.45) is -0.489. The number of ether oxygens (including phenoxy) is 1. The van der Waals surface area contributed by atoms with Crippen molar-refractivity contribution in [1.29, 1.82) is 0 Å². The lowest BCUT2D eigenvalue weighted by Crippen LogP contribution is -2.46. The quantitative estimate of drug-likeness (QED) is 0.874. The fourth-order valence-electron chi connectivity index (χ4n) is 1.35. The largest absolute Gasteiger partial charge is 0.481 e. The average Bonchev–Trinajstić information content (AvgIpc) is 2.19. The van der Waals surface area contributed by atoms with Gasteiger partial charge in [0.15, 0.2) is 6.10 Å². The summed E-state index contributed by atoms with van der Waals surface area (Å²) in [4.78, 5) is 11.8. The molecule has 3 nitrogen and oxygen atoms in total. The molecule has 94 valence electrons. The van der Waals surface area contributed by atoms with Crippen LogP contribution < -0.4 is 10.1 Å². The number of nitrogens with one attached hydrogen (secondary N) is 1. The highest BCUT2D eigenvalue weighted by molar-refractivity contribution is 5.81. The molecule has 3 heteroatoms. The third-order valence-corrected chi connectivity index (χ3v) is 2.20. The Balaban J connectivity index is 2.57. The Morgan fingerprint density at radius 2 is 1.76 bits per heavy atom. The molecule has 1 aromatic rings. The zero-order valence-electron chi connectivity index (χ0n) is 11.2. The molecule has 1 rings (SSSR count). The molecule has 0 saturated heterocycles. The van der Waals surface area contributed by atoms with E-state index in [0.717, 1.165) is 0 Å². The molecule has 0 unspecified atom stereocenters. The van der Waals surface area contributed by atoms with Crippen molar-refractivity contribution >= 4 is 5.91 Å². The maximum absolute atomic E-state index is 11.8. The monoisotopic (exact) mass is 235 g/mol. The van der Waals surface area contributed by atoms with E-state index in [1.807, 2.05) is 52.0 Å². The van der Waals surface area contributed by atoms with Gasteiger partial charge in [0.05, 0.1) is 0 Å².